The van der Waals surface area contributed by atoms with E-state index in [1.54, 1.807) is 9.58 Å². The number of benzene rings is 1. The molecule has 0 aliphatic carbocycles. The van der Waals surface area contributed by atoms with Crippen LogP contribution in [0.5, 0.6) is 0 Å². The fourth-order valence-corrected chi connectivity index (χ4v) is 5.91. The topological polar surface area (TPSA) is 98.1 Å². The molecule has 1 amide bonds. The number of carbonyl (C=O) groups excluding carboxylic acids is 1. The van der Waals surface area contributed by atoms with Crippen molar-refractivity contribution in [2.75, 3.05) is 23.8 Å². The number of nitrogens with zero attached hydrogens (tertiary/aromatic N) is 5. The predicted molar refractivity (Wildman–Crippen MR) is 104 cm³/mol. The zero-order valence-corrected chi connectivity index (χ0v) is 17.3. The second kappa shape index (κ2) is 7.97. The van der Waals surface area contributed by atoms with Crippen LogP contribution >= 0.6 is 11.8 Å². The summed E-state index contributed by atoms with van der Waals surface area (Å²) >= 11 is 1.26. The second-order valence-electron chi connectivity index (χ2n) is 6.64. The van der Waals surface area contributed by atoms with E-state index in [4.69, 9.17) is 0 Å². The highest BCUT2D eigenvalue weighted by molar-refractivity contribution is 7.99. The minimum Gasteiger partial charge on any atom is -0.338 e. The summed E-state index contributed by atoms with van der Waals surface area (Å²) in [4.78, 5) is 14.3. The Morgan fingerprint density at radius 2 is 2.04 bits per heavy atom. The maximum atomic E-state index is 12.7. The molecule has 1 aliphatic heterocycles. The van der Waals surface area contributed by atoms with Crippen LogP contribution < -0.4 is 0 Å². The Bertz CT molecular complexity index is 922. The number of sulfone groups is 1. The first-order valence-electron chi connectivity index (χ1n) is 8.80. The van der Waals surface area contributed by atoms with E-state index in [1.165, 1.54) is 11.8 Å². The Morgan fingerprint density at radius 1 is 1.33 bits per heavy atom. The van der Waals surface area contributed by atoms with E-state index in [0.29, 0.717) is 18.1 Å². The van der Waals surface area contributed by atoms with Crippen molar-refractivity contribution in [1.29, 1.82) is 0 Å². The lowest BCUT2D eigenvalue weighted by molar-refractivity contribution is -0.129. The third kappa shape index (κ3) is 4.32. The van der Waals surface area contributed by atoms with Crippen molar-refractivity contribution < 1.29 is 13.2 Å². The Kier molecular flexibility index (Phi) is 5.85. The molecule has 0 radical (unpaired) electrons. The quantitative estimate of drug-likeness (QED) is 0.665. The number of amides is 1. The van der Waals surface area contributed by atoms with Gasteiger partial charge >= 0.3 is 0 Å². The second-order valence-corrected chi connectivity index (χ2v) is 9.81. The molecule has 0 spiro atoms. The Morgan fingerprint density at radius 3 is 2.63 bits per heavy atom. The van der Waals surface area contributed by atoms with Crippen molar-refractivity contribution in [3.63, 3.8) is 0 Å². The number of thioether (sulfide) groups is 1. The van der Waals surface area contributed by atoms with Gasteiger partial charge in [-0.1, -0.05) is 30.0 Å². The van der Waals surface area contributed by atoms with Crippen molar-refractivity contribution in [2.45, 2.75) is 38.4 Å². The Balaban J connectivity index is 1.72. The molecule has 27 heavy (non-hydrogen) atoms. The van der Waals surface area contributed by atoms with Crippen LogP contribution in [0.4, 0.5) is 0 Å². The zero-order chi connectivity index (χ0) is 19.6. The van der Waals surface area contributed by atoms with Crippen LogP contribution in [0.1, 0.15) is 24.5 Å². The van der Waals surface area contributed by atoms with Gasteiger partial charge in [-0.25, -0.2) is 8.42 Å². The zero-order valence-electron chi connectivity index (χ0n) is 15.6. The van der Waals surface area contributed by atoms with Crippen LogP contribution in [-0.4, -0.2) is 69.3 Å². The van der Waals surface area contributed by atoms with Crippen LogP contribution in [0.15, 0.2) is 23.4 Å². The lowest BCUT2D eigenvalue weighted by atomic mass is 10.1. The lowest BCUT2D eigenvalue weighted by Gasteiger charge is -2.26. The van der Waals surface area contributed by atoms with Gasteiger partial charge in [-0.05, 0) is 48.7 Å². The molecule has 2 heterocycles. The van der Waals surface area contributed by atoms with Gasteiger partial charge in [0.2, 0.25) is 11.1 Å². The number of hydrogen-bond acceptors (Lipinski definition) is 7. The summed E-state index contributed by atoms with van der Waals surface area (Å²) in [6.45, 7) is 6.33. The minimum absolute atomic E-state index is 0.0530. The largest absolute Gasteiger partial charge is 0.338 e. The number of hydrogen-bond donors (Lipinski definition) is 0. The average Bonchev–Trinajstić information content (AvgIpc) is 3.20. The number of rotatable bonds is 6. The van der Waals surface area contributed by atoms with Crippen LogP contribution in [-0.2, 0) is 14.6 Å². The van der Waals surface area contributed by atoms with Crippen molar-refractivity contribution in [2.24, 2.45) is 0 Å². The first-order chi connectivity index (χ1) is 12.8. The fourth-order valence-electron chi connectivity index (χ4n) is 3.42. The van der Waals surface area contributed by atoms with Gasteiger partial charge < -0.3 is 4.90 Å². The third-order valence-electron chi connectivity index (χ3n) is 4.73. The predicted octanol–water partition coefficient (Wildman–Crippen LogP) is 1.41. The summed E-state index contributed by atoms with van der Waals surface area (Å²) in [5.41, 5.74) is 3.00. The highest BCUT2D eigenvalue weighted by Crippen LogP contribution is 2.24. The van der Waals surface area contributed by atoms with Crippen LogP contribution in [0, 0.1) is 13.8 Å². The van der Waals surface area contributed by atoms with Gasteiger partial charge in [0.15, 0.2) is 9.84 Å². The molecule has 10 heteroatoms. The molecule has 0 unspecified atom stereocenters. The lowest BCUT2D eigenvalue weighted by Crippen LogP contribution is -2.42. The average molecular weight is 410 g/mol. The summed E-state index contributed by atoms with van der Waals surface area (Å²) in [7, 11) is -3.03. The molecule has 1 fully saturated rings. The van der Waals surface area contributed by atoms with Crippen molar-refractivity contribution >= 4 is 27.5 Å². The number of carbonyl (C=O) groups is 1. The molecule has 3 rings (SSSR count). The molecule has 2 aromatic rings. The van der Waals surface area contributed by atoms with Gasteiger partial charge in [0.25, 0.3) is 0 Å². The monoisotopic (exact) mass is 409 g/mol. The first kappa shape index (κ1) is 19.8. The van der Waals surface area contributed by atoms with Crippen molar-refractivity contribution in [3.8, 4) is 5.69 Å². The molecule has 1 atom stereocenters. The van der Waals surface area contributed by atoms with Gasteiger partial charge in [0.1, 0.15) is 0 Å². The van der Waals surface area contributed by atoms with Crippen molar-refractivity contribution in [1.82, 2.24) is 25.1 Å². The van der Waals surface area contributed by atoms with Crippen LogP contribution in [0.2, 0.25) is 0 Å². The smallest absolute Gasteiger partial charge is 0.233 e. The Hall–Kier alpha value is -1.94. The highest BCUT2D eigenvalue weighted by atomic mass is 32.2. The summed E-state index contributed by atoms with van der Waals surface area (Å²) < 4.78 is 25.1. The van der Waals surface area contributed by atoms with Gasteiger partial charge in [-0.2, -0.15) is 4.68 Å². The van der Waals surface area contributed by atoms with E-state index in [0.717, 1.165) is 16.8 Å². The van der Waals surface area contributed by atoms with Gasteiger partial charge in [0, 0.05) is 12.6 Å². The van der Waals surface area contributed by atoms with E-state index in [-0.39, 0.29) is 29.2 Å². The van der Waals surface area contributed by atoms with Crippen molar-refractivity contribution in [3.05, 3.63) is 29.3 Å². The normalized spacial score (nSPS) is 18.6. The molecule has 0 saturated carbocycles. The van der Waals surface area contributed by atoms with E-state index in [1.807, 2.05) is 39.0 Å². The maximum Gasteiger partial charge on any atom is 0.233 e. The minimum atomic E-state index is -3.03. The highest BCUT2D eigenvalue weighted by Gasteiger charge is 2.34. The molecule has 1 aromatic carbocycles. The van der Waals surface area contributed by atoms with Crippen LogP contribution in [0.25, 0.3) is 5.69 Å². The SMILES string of the molecule is CCN(C(=O)CSc1nnnn1-c1c(C)cccc1C)[C@@H]1CCS(=O)(=O)C1. The number of aryl methyl sites for hydroxylation is 2. The molecule has 1 aromatic heterocycles. The maximum absolute atomic E-state index is 12.7. The Labute approximate surface area is 163 Å². The molecule has 0 bridgehead atoms. The summed E-state index contributed by atoms with van der Waals surface area (Å²) in [5.74, 6) is 0.271. The summed E-state index contributed by atoms with van der Waals surface area (Å²) in [5, 5.41) is 12.4. The summed E-state index contributed by atoms with van der Waals surface area (Å²) in [6, 6.07) is 5.72. The standard InChI is InChI=1S/C17H23N5O3S2/c1-4-21(14-8-9-27(24,25)11-14)15(23)10-26-17-18-19-20-22(17)16-12(2)6-5-7-13(16)3/h5-7,14H,4,8-11H2,1-3H3/t14-/m1/s1. The fraction of sp³-hybridized carbons (Fsp3) is 0.529. The molecule has 0 N–H and O–H groups in total. The van der Waals surface area contributed by atoms with E-state index in [2.05, 4.69) is 15.5 Å². The van der Waals surface area contributed by atoms with E-state index in [9.17, 15) is 13.2 Å². The molecule has 146 valence electrons. The molecule has 1 aliphatic rings. The molecule has 8 nitrogen and oxygen atoms in total. The number of para-hydroxylation sites is 1. The van der Waals surface area contributed by atoms with Gasteiger partial charge in [0.05, 0.1) is 22.9 Å². The van der Waals surface area contributed by atoms with Gasteiger partial charge in [-0.15, -0.1) is 5.10 Å². The molecule has 1 saturated heterocycles. The van der Waals surface area contributed by atoms with E-state index < -0.39 is 9.84 Å². The first-order valence-corrected chi connectivity index (χ1v) is 11.6. The molecular weight excluding hydrogens is 386 g/mol. The molecular formula is C17H23N5O3S2. The number of tetrazole rings is 1. The van der Waals surface area contributed by atoms with Crippen LogP contribution in [0.3, 0.4) is 0 Å². The van der Waals surface area contributed by atoms with E-state index >= 15 is 0 Å². The summed E-state index contributed by atoms with van der Waals surface area (Å²) in [6.07, 6.45) is 0.507. The van der Waals surface area contributed by atoms with Gasteiger partial charge in [-0.3, -0.25) is 4.79 Å². The third-order valence-corrected chi connectivity index (χ3v) is 7.38. The number of aromatic nitrogens is 4.